The van der Waals surface area contributed by atoms with E-state index in [0.717, 1.165) is 32.4 Å². The van der Waals surface area contributed by atoms with Crippen molar-refractivity contribution in [1.29, 1.82) is 0 Å². The third-order valence-electron chi connectivity index (χ3n) is 4.80. The summed E-state index contributed by atoms with van der Waals surface area (Å²) in [6, 6.07) is 1.60. The van der Waals surface area contributed by atoms with E-state index in [1.807, 2.05) is 4.90 Å². The predicted octanol–water partition coefficient (Wildman–Crippen LogP) is 1.13. The molecule has 2 fully saturated rings. The summed E-state index contributed by atoms with van der Waals surface area (Å²) in [5, 5.41) is 10.8. The van der Waals surface area contributed by atoms with E-state index in [1.165, 1.54) is 16.8 Å². The molecule has 1 saturated heterocycles. The van der Waals surface area contributed by atoms with E-state index >= 15 is 0 Å². The number of fused-ring (bicyclic) bond motifs is 1. The molecular formula is C14H20N4O3. The monoisotopic (exact) mass is 292 g/mol. The first-order valence-corrected chi connectivity index (χ1v) is 7.31. The molecular weight excluding hydrogens is 272 g/mol. The van der Waals surface area contributed by atoms with Crippen molar-refractivity contribution in [3.63, 3.8) is 0 Å². The lowest BCUT2D eigenvalue weighted by Crippen LogP contribution is -2.32. The van der Waals surface area contributed by atoms with Gasteiger partial charge in [-0.1, -0.05) is 0 Å². The lowest BCUT2D eigenvalue weighted by molar-refractivity contribution is -0.384. The summed E-state index contributed by atoms with van der Waals surface area (Å²) in [4.78, 5) is 24.7. The number of hydrogen-bond acceptors (Lipinski definition) is 4. The fourth-order valence-corrected chi connectivity index (χ4v) is 3.66. The second kappa shape index (κ2) is 5.14. The summed E-state index contributed by atoms with van der Waals surface area (Å²) in [6.07, 6.45) is 4.45. The van der Waals surface area contributed by atoms with Gasteiger partial charge in [-0.05, 0) is 31.1 Å². The number of carbonyl (C=O) groups excluding carboxylic acids is 1. The first kappa shape index (κ1) is 14.1. The van der Waals surface area contributed by atoms with Crippen LogP contribution in [-0.4, -0.2) is 39.4 Å². The Morgan fingerprint density at radius 1 is 1.38 bits per heavy atom. The second-order valence-corrected chi connectivity index (χ2v) is 6.25. The lowest BCUT2D eigenvalue weighted by atomic mass is 9.79. The van der Waals surface area contributed by atoms with Gasteiger partial charge in [-0.15, -0.1) is 0 Å². The molecule has 0 aromatic carbocycles. The van der Waals surface area contributed by atoms with Crippen molar-refractivity contribution >= 4 is 11.6 Å². The second-order valence-electron chi connectivity index (χ2n) is 6.25. The Balaban J connectivity index is 1.76. The van der Waals surface area contributed by atoms with Crippen LogP contribution in [0.25, 0.3) is 0 Å². The number of nitrogens with two attached hydrogens (primary N) is 1. The predicted molar refractivity (Wildman–Crippen MR) is 76.8 cm³/mol. The van der Waals surface area contributed by atoms with E-state index < -0.39 is 4.92 Å². The van der Waals surface area contributed by atoms with Crippen molar-refractivity contribution in [2.45, 2.75) is 25.3 Å². The SMILES string of the molecule is Cn1cc([N+](=O)[O-])cc1C(=O)N1C[C@H]2CCC(N)C[C@H]2C1. The molecule has 0 spiro atoms. The zero-order valence-corrected chi connectivity index (χ0v) is 12.1. The van der Waals surface area contributed by atoms with Gasteiger partial charge in [0.1, 0.15) is 5.69 Å². The topological polar surface area (TPSA) is 94.4 Å². The van der Waals surface area contributed by atoms with E-state index in [-0.39, 0.29) is 17.6 Å². The van der Waals surface area contributed by atoms with Crippen LogP contribution in [0.1, 0.15) is 29.8 Å². The molecule has 1 aromatic rings. The van der Waals surface area contributed by atoms with E-state index in [2.05, 4.69) is 0 Å². The summed E-state index contributed by atoms with van der Waals surface area (Å²) in [5.41, 5.74) is 6.34. The highest BCUT2D eigenvalue weighted by molar-refractivity contribution is 5.93. The Morgan fingerprint density at radius 3 is 2.76 bits per heavy atom. The van der Waals surface area contributed by atoms with Gasteiger partial charge in [0.25, 0.3) is 11.6 Å². The Hall–Kier alpha value is -1.89. The van der Waals surface area contributed by atoms with Crippen LogP contribution in [0, 0.1) is 22.0 Å². The van der Waals surface area contributed by atoms with Gasteiger partial charge in [-0.2, -0.15) is 0 Å². The van der Waals surface area contributed by atoms with Crippen molar-refractivity contribution in [2.75, 3.05) is 13.1 Å². The first-order valence-electron chi connectivity index (χ1n) is 7.31. The first-order chi connectivity index (χ1) is 9.95. The van der Waals surface area contributed by atoms with Crippen molar-refractivity contribution in [2.24, 2.45) is 24.6 Å². The number of amides is 1. The Bertz CT molecular complexity index is 583. The van der Waals surface area contributed by atoms with Crippen LogP contribution in [-0.2, 0) is 7.05 Å². The Labute approximate surface area is 122 Å². The molecule has 0 radical (unpaired) electrons. The minimum atomic E-state index is -0.473. The molecule has 21 heavy (non-hydrogen) atoms. The number of carbonyl (C=O) groups is 1. The van der Waals surface area contributed by atoms with Gasteiger partial charge in [0.15, 0.2) is 0 Å². The summed E-state index contributed by atoms with van der Waals surface area (Å²) in [6.45, 7) is 1.46. The molecule has 2 aliphatic rings. The van der Waals surface area contributed by atoms with Crippen LogP contribution in [0.5, 0.6) is 0 Å². The molecule has 7 heteroatoms. The largest absolute Gasteiger partial charge is 0.340 e. The molecule has 114 valence electrons. The maximum atomic E-state index is 12.6. The summed E-state index contributed by atoms with van der Waals surface area (Å²) in [5.74, 6) is 0.894. The minimum Gasteiger partial charge on any atom is -0.340 e. The number of aryl methyl sites for hydroxylation is 1. The average Bonchev–Trinajstić information content (AvgIpc) is 3.01. The van der Waals surface area contributed by atoms with Crippen LogP contribution < -0.4 is 5.73 Å². The maximum absolute atomic E-state index is 12.6. The summed E-state index contributed by atoms with van der Waals surface area (Å²) in [7, 11) is 1.67. The van der Waals surface area contributed by atoms with E-state index in [0.29, 0.717) is 17.5 Å². The highest BCUT2D eigenvalue weighted by Crippen LogP contribution is 2.36. The van der Waals surface area contributed by atoms with Gasteiger partial charge in [0.05, 0.1) is 11.1 Å². The van der Waals surface area contributed by atoms with Gasteiger partial charge < -0.3 is 15.2 Å². The molecule has 3 atom stereocenters. The molecule has 1 saturated carbocycles. The third kappa shape index (κ3) is 2.53. The molecule has 1 aliphatic carbocycles. The quantitative estimate of drug-likeness (QED) is 0.653. The van der Waals surface area contributed by atoms with Gasteiger partial charge in [0, 0.05) is 32.2 Å². The molecule has 7 nitrogen and oxygen atoms in total. The molecule has 2 N–H and O–H groups in total. The van der Waals surface area contributed by atoms with Crippen LogP contribution in [0.4, 0.5) is 5.69 Å². The fourth-order valence-electron chi connectivity index (χ4n) is 3.66. The number of aromatic nitrogens is 1. The summed E-state index contributed by atoms with van der Waals surface area (Å²) < 4.78 is 1.54. The zero-order valence-electron chi connectivity index (χ0n) is 12.1. The Morgan fingerprint density at radius 2 is 2.10 bits per heavy atom. The van der Waals surface area contributed by atoms with Gasteiger partial charge in [-0.3, -0.25) is 14.9 Å². The van der Waals surface area contributed by atoms with Crippen LogP contribution in [0.2, 0.25) is 0 Å². The maximum Gasteiger partial charge on any atom is 0.287 e. The molecule has 1 aliphatic heterocycles. The fraction of sp³-hybridized carbons (Fsp3) is 0.643. The van der Waals surface area contributed by atoms with E-state index in [9.17, 15) is 14.9 Å². The van der Waals surface area contributed by atoms with Gasteiger partial charge in [-0.25, -0.2) is 0 Å². The number of rotatable bonds is 2. The Kier molecular flexibility index (Phi) is 3.44. The number of likely N-dealkylation sites (tertiary alicyclic amines) is 1. The number of nitro groups is 1. The number of hydrogen-bond donors (Lipinski definition) is 1. The molecule has 1 aromatic heterocycles. The van der Waals surface area contributed by atoms with Crippen molar-refractivity contribution in [3.05, 3.63) is 28.1 Å². The van der Waals surface area contributed by atoms with Crippen LogP contribution >= 0.6 is 0 Å². The zero-order chi connectivity index (χ0) is 15.1. The molecule has 1 unspecified atom stereocenters. The summed E-state index contributed by atoms with van der Waals surface area (Å²) >= 11 is 0. The molecule has 1 amide bonds. The highest BCUT2D eigenvalue weighted by atomic mass is 16.6. The standard InChI is InChI=1S/C14H20N4O3/c1-16-8-12(18(20)21)5-13(16)14(19)17-6-9-2-3-11(15)4-10(9)7-17/h5,8-11H,2-4,6-7,15H2,1H3/t9-,10+,11?/m1/s1. The van der Waals surface area contributed by atoms with Gasteiger partial charge >= 0.3 is 0 Å². The van der Waals surface area contributed by atoms with Crippen LogP contribution in [0.3, 0.4) is 0 Å². The van der Waals surface area contributed by atoms with Gasteiger partial charge in [0.2, 0.25) is 0 Å². The lowest BCUT2D eigenvalue weighted by Gasteiger charge is -2.27. The smallest absolute Gasteiger partial charge is 0.287 e. The highest BCUT2D eigenvalue weighted by Gasteiger charge is 2.39. The van der Waals surface area contributed by atoms with E-state index in [1.54, 1.807) is 7.05 Å². The van der Waals surface area contributed by atoms with Crippen molar-refractivity contribution in [1.82, 2.24) is 9.47 Å². The van der Waals surface area contributed by atoms with Crippen molar-refractivity contribution in [3.8, 4) is 0 Å². The minimum absolute atomic E-state index is 0.0421. The average molecular weight is 292 g/mol. The third-order valence-corrected chi connectivity index (χ3v) is 4.80. The van der Waals surface area contributed by atoms with Crippen LogP contribution in [0.15, 0.2) is 12.3 Å². The van der Waals surface area contributed by atoms with E-state index in [4.69, 9.17) is 5.73 Å². The molecule has 2 heterocycles. The molecule has 0 bridgehead atoms. The number of nitrogens with zero attached hydrogens (tertiary/aromatic N) is 3. The van der Waals surface area contributed by atoms with Crippen molar-refractivity contribution < 1.29 is 9.72 Å². The molecule has 3 rings (SSSR count). The normalized spacial score (nSPS) is 28.5.